The maximum Gasteiger partial charge on any atom is 0.250 e. The van der Waals surface area contributed by atoms with Crippen LogP contribution in [0, 0.1) is 0 Å². The van der Waals surface area contributed by atoms with E-state index >= 15 is 0 Å². The van der Waals surface area contributed by atoms with Crippen LogP contribution in [0.3, 0.4) is 0 Å². The molecule has 1 aliphatic rings. The van der Waals surface area contributed by atoms with Crippen LogP contribution in [0.5, 0.6) is 0 Å². The average Bonchev–Trinajstić information content (AvgIpc) is 2.03. The first-order chi connectivity index (χ1) is 5.68. The highest BCUT2D eigenvalue weighted by atomic mass is 35.5. The summed E-state index contributed by atoms with van der Waals surface area (Å²) in [6.45, 7) is -0.181. The zero-order valence-corrected chi connectivity index (χ0v) is 8.33. The SMILES string of the molecule is Cl.NC1CCC(NCC(F)F)CC1. The van der Waals surface area contributed by atoms with Crippen LogP contribution in [0.25, 0.3) is 0 Å². The topological polar surface area (TPSA) is 38.0 Å². The molecule has 0 saturated heterocycles. The van der Waals surface area contributed by atoms with Gasteiger partial charge in [0.15, 0.2) is 0 Å². The summed E-state index contributed by atoms with van der Waals surface area (Å²) in [5.74, 6) is 0. The molecule has 0 atom stereocenters. The van der Waals surface area contributed by atoms with E-state index in [0.29, 0.717) is 0 Å². The Labute approximate surface area is 83.7 Å². The van der Waals surface area contributed by atoms with Crippen molar-refractivity contribution in [3.8, 4) is 0 Å². The maximum atomic E-state index is 11.8. The van der Waals surface area contributed by atoms with Crippen molar-refractivity contribution in [2.24, 2.45) is 5.73 Å². The van der Waals surface area contributed by atoms with E-state index in [-0.39, 0.29) is 31.0 Å². The Morgan fingerprint density at radius 1 is 1.23 bits per heavy atom. The number of nitrogens with one attached hydrogen (secondary N) is 1. The van der Waals surface area contributed by atoms with Crippen LogP contribution in [0.2, 0.25) is 0 Å². The summed E-state index contributed by atoms with van der Waals surface area (Å²) in [7, 11) is 0. The van der Waals surface area contributed by atoms with Gasteiger partial charge in [-0.05, 0) is 25.7 Å². The monoisotopic (exact) mass is 214 g/mol. The van der Waals surface area contributed by atoms with E-state index in [9.17, 15) is 8.78 Å². The Kier molecular flexibility index (Phi) is 6.55. The molecule has 0 amide bonds. The van der Waals surface area contributed by atoms with Gasteiger partial charge in [-0.15, -0.1) is 12.4 Å². The molecule has 0 radical (unpaired) electrons. The van der Waals surface area contributed by atoms with Gasteiger partial charge in [-0.25, -0.2) is 8.78 Å². The van der Waals surface area contributed by atoms with Crippen molar-refractivity contribution < 1.29 is 8.78 Å². The lowest BCUT2D eigenvalue weighted by Gasteiger charge is -2.26. The number of rotatable bonds is 3. The summed E-state index contributed by atoms with van der Waals surface area (Å²) in [6, 6.07) is 0.549. The highest BCUT2D eigenvalue weighted by Crippen LogP contribution is 2.16. The normalized spacial score (nSPS) is 28.6. The number of hydrogen-bond donors (Lipinski definition) is 2. The largest absolute Gasteiger partial charge is 0.328 e. The number of halogens is 3. The smallest absolute Gasteiger partial charge is 0.250 e. The summed E-state index contributed by atoms with van der Waals surface area (Å²) in [5.41, 5.74) is 5.68. The van der Waals surface area contributed by atoms with Crippen LogP contribution in [-0.2, 0) is 0 Å². The van der Waals surface area contributed by atoms with Gasteiger partial charge in [0.05, 0.1) is 6.54 Å². The molecule has 13 heavy (non-hydrogen) atoms. The molecule has 1 aliphatic carbocycles. The summed E-state index contributed by atoms with van der Waals surface area (Å²) in [6.07, 6.45) is 1.56. The average molecular weight is 215 g/mol. The van der Waals surface area contributed by atoms with E-state index < -0.39 is 6.43 Å². The van der Waals surface area contributed by atoms with Gasteiger partial charge in [0.1, 0.15) is 0 Å². The Morgan fingerprint density at radius 3 is 2.23 bits per heavy atom. The molecule has 1 rings (SSSR count). The first-order valence-corrected chi connectivity index (χ1v) is 4.45. The Hall–Kier alpha value is 0.0700. The lowest BCUT2D eigenvalue weighted by Crippen LogP contribution is -2.39. The lowest BCUT2D eigenvalue weighted by molar-refractivity contribution is 0.137. The van der Waals surface area contributed by atoms with Gasteiger partial charge >= 0.3 is 0 Å². The number of hydrogen-bond acceptors (Lipinski definition) is 2. The van der Waals surface area contributed by atoms with E-state index in [1.165, 1.54) is 0 Å². The molecule has 0 aromatic rings. The standard InChI is InChI=1S/C8H16F2N2.ClH/c9-8(10)5-12-7-3-1-6(11)2-4-7;/h6-8,12H,1-5,11H2;1H. The van der Waals surface area contributed by atoms with Crippen LogP contribution < -0.4 is 11.1 Å². The second-order valence-corrected chi connectivity index (χ2v) is 3.41. The van der Waals surface area contributed by atoms with Crippen LogP contribution in [0.1, 0.15) is 25.7 Å². The van der Waals surface area contributed by atoms with Crippen molar-refractivity contribution in [1.29, 1.82) is 0 Å². The van der Waals surface area contributed by atoms with Crippen molar-refractivity contribution in [2.45, 2.75) is 44.2 Å². The van der Waals surface area contributed by atoms with Gasteiger partial charge in [0.2, 0.25) is 0 Å². The molecule has 1 fully saturated rings. The maximum absolute atomic E-state index is 11.8. The van der Waals surface area contributed by atoms with Gasteiger partial charge < -0.3 is 11.1 Å². The summed E-state index contributed by atoms with van der Waals surface area (Å²) >= 11 is 0. The van der Waals surface area contributed by atoms with Crippen LogP contribution >= 0.6 is 12.4 Å². The third-order valence-corrected chi connectivity index (χ3v) is 2.33. The second kappa shape index (κ2) is 6.51. The summed E-state index contributed by atoms with van der Waals surface area (Å²) in [4.78, 5) is 0. The predicted molar refractivity (Wildman–Crippen MR) is 51.5 cm³/mol. The van der Waals surface area contributed by atoms with E-state index in [1.54, 1.807) is 0 Å². The van der Waals surface area contributed by atoms with Gasteiger partial charge in [-0.1, -0.05) is 0 Å². The number of alkyl halides is 2. The van der Waals surface area contributed by atoms with Crippen LogP contribution in [0.4, 0.5) is 8.78 Å². The highest BCUT2D eigenvalue weighted by Gasteiger charge is 2.18. The molecule has 1 saturated carbocycles. The first kappa shape index (κ1) is 13.1. The van der Waals surface area contributed by atoms with Crippen molar-refractivity contribution in [1.82, 2.24) is 5.32 Å². The molecular weight excluding hydrogens is 198 g/mol. The fourth-order valence-corrected chi connectivity index (χ4v) is 1.58. The lowest BCUT2D eigenvalue weighted by atomic mass is 9.92. The molecule has 0 aromatic carbocycles. The minimum Gasteiger partial charge on any atom is -0.328 e. The fourth-order valence-electron chi connectivity index (χ4n) is 1.58. The molecule has 5 heteroatoms. The van der Waals surface area contributed by atoms with Crippen LogP contribution in [0.15, 0.2) is 0 Å². The third-order valence-electron chi connectivity index (χ3n) is 2.33. The molecule has 0 aliphatic heterocycles. The zero-order valence-electron chi connectivity index (χ0n) is 7.51. The molecule has 0 spiro atoms. The van der Waals surface area contributed by atoms with Crippen molar-refractivity contribution in [3.05, 3.63) is 0 Å². The van der Waals surface area contributed by atoms with Gasteiger partial charge in [0.25, 0.3) is 6.43 Å². The summed E-state index contributed by atoms with van der Waals surface area (Å²) in [5, 5.41) is 2.84. The van der Waals surface area contributed by atoms with Crippen molar-refractivity contribution in [2.75, 3.05) is 6.54 Å². The van der Waals surface area contributed by atoms with Crippen molar-refractivity contribution in [3.63, 3.8) is 0 Å². The predicted octanol–water partition coefficient (Wildman–Crippen LogP) is 1.53. The highest BCUT2D eigenvalue weighted by molar-refractivity contribution is 5.85. The second-order valence-electron chi connectivity index (χ2n) is 3.41. The van der Waals surface area contributed by atoms with E-state index in [2.05, 4.69) is 5.32 Å². The molecule has 3 N–H and O–H groups in total. The molecule has 0 heterocycles. The van der Waals surface area contributed by atoms with Gasteiger partial charge in [-0.2, -0.15) is 0 Å². The van der Waals surface area contributed by atoms with Crippen LogP contribution in [-0.4, -0.2) is 25.1 Å². The molecule has 80 valence electrons. The minimum absolute atomic E-state index is 0. The molecule has 0 unspecified atom stereocenters. The Morgan fingerprint density at radius 2 is 1.77 bits per heavy atom. The van der Waals surface area contributed by atoms with Gasteiger partial charge in [-0.3, -0.25) is 0 Å². The first-order valence-electron chi connectivity index (χ1n) is 4.45. The molecular formula is C8H17ClF2N2. The molecule has 0 bridgehead atoms. The zero-order chi connectivity index (χ0) is 8.97. The Balaban J connectivity index is 0.00000144. The van der Waals surface area contributed by atoms with E-state index in [4.69, 9.17) is 5.73 Å². The minimum atomic E-state index is -2.24. The molecule has 2 nitrogen and oxygen atoms in total. The Bertz CT molecular complexity index is 127. The quantitative estimate of drug-likeness (QED) is 0.748. The van der Waals surface area contributed by atoms with E-state index in [1.807, 2.05) is 0 Å². The fraction of sp³-hybridized carbons (Fsp3) is 1.00. The third kappa shape index (κ3) is 5.39. The van der Waals surface area contributed by atoms with E-state index in [0.717, 1.165) is 25.7 Å². The van der Waals surface area contributed by atoms with Crippen molar-refractivity contribution >= 4 is 12.4 Å². The number of nitrogens with two attached hydrogens (primary N) is 1. The molecule has 0 aromatic heterocycles. The van der Waals surface area contributed by atoms with Gasteiger partial charge in [0, 0.05) is 12.1 Å². The summed E-state index contributed by atoms with van der Waals surface area (Å²) < 4.78 is 23.6.